The first-order chi connectivity index (χ1) is 15.7. The Balaban J connectivity index is 1.90. The van der Waals surface area contributed by atoms with E-state index < -0.39 is 39.6 Å². The van der Waals surface area contributed by atoms with Crippen molar-refractivity contribution in [3.8, 4) is 11.8 Å². The van der Waals surface area contributed by atoms with Crippen LogP contribution in [0.15, 0.2) is 59.5 Å². The van der Waals surface area contributed by atoms with Gasteiger partial charge in [0.05, 0.1) is 4.90 Å². The molecule has 1 aliphatic heterocycles. The third-order valence-electron chi connectivity index (χ3n) is 5.47. The van der Waals surface area contributed by atoms with Gasteiger partial charge in [-0.2, -0.15) is 30.6 Å². The van der Waals surface area contributed by atoms with Crippen LogP contribution >= 0.6 is 0 Å². The van der Waals surface area contributed by atoms with E-state index in [1.165, 1.54) is 23.4 Å². The van der Waals surface area contributed by atoms with E-state index in [2.05, 4.69) is 11.8 Å². The number of piperazine rings is 1. The van der Waals surface area contributed by atoms with Gasteiger partial charge in [-0.1, -0.05) is 36.3 Å². The quantitative estimate of drug-likeness (QED) is 0.505. The van der Waals surface area contributed by atoms with E-state index in [0.717, 1.165) is 12.1 Å². The average Bonchev–Trinajstić information content (AvgIpc) is 2.78. The number of hydrogen-bond donors (Lipinski definition) is 1. The van der Waals surface area contributed by atoms with Gasteiger partial charge in [-0.25, -0.2) is 8.42 Å². The summed E-state index contributed by atoms with van der Waals surface area (Å²) in [7, 11) is -3.82. The summed E-state index contributed by atoms with van der Waals surface area (Å²) < 4.78 is 106. The molecule has 0 aliphatic carbocycles. The van der Waals surface area contributed by atoms with Gasteiger partial charge in [0.2, 0.25) is 10.0 Å². The maximum absolute atomic E-state index is 13.1. The molecule has 0 saturated carbocycles. The van der Waals surface area contributed by atoms with Crippen molar-refractivity contribution in [1.29, 1.82) is 0 Å². The zero-order chi connectivity index (χ0) is 25.4. The molecule has 1 saturated heterocycles. The molecule has 1 fully saturated rings. The minimum atomic E-state index is -5.99. The van der Waals surface area contributed by atoms with Crippen LogP contribution in [0.1, 0.15) is 12.5 Å². The molecule has 2 aromatic rings. The van der Waals surface area contributed by atoms with Crippen LogP contribution in [0, 0.1) is 11.8 Å². The highest BCUT2D eigenvalue weighted by atomic mass is 32.2. The standard InChI is InChI=1S/C22H20F6N2O3S/c1-2-6-18-15-29(34(32,33)19-7-4-3-5-8-19)13-14-30(18)17-11-9-16(10-12-17)20(31,21(23,24)25)22(26,27)28/h3-5,7-12,18,31H,13-15H2,1H3/t18-/m1/s1. The van der Waals surface area contributed by atoms with Crippen molar-refractivity contribution in [1.82, 2.24) is 4.31 Å². The van der Waals surface area contributed by atoms with Gasteiger partial charge in [0.25, 0.3) is 5.60 Å². The van der Waals surface area contributed by atoms with E-state index in [9.17, 15) is 39.9 Å². The van der Waals surface area contributed by atoms with Crippen molar-refractivity contribution in [2.75, 3.05) is 24.5 Å². The number of sulfonamides is 1. The lowest BCUT2D eigenvalue weighted by Gasteiger charge is -2.40. The second-order valence-electron chi connectivity index (χ2n) is 7.53. The Morgan fingerprint density at radius 2 is 1.47 bits per heavy atom. The van der Waals surface area contributed by atoms with E-state index >= 15 is 0 Å². The Kier molecular flexibility index (Phi) is 6.94. The minimum Gasteiger partial charge on any atom is -0.369 e. The van der Waals surface area contributed by atoms with E-state index in [4.69, 9.17) is 0 Å². The molecule has 5 nitrogen and oxygen atoms in total. The molecular formula is C22H20F6N2O3S. The highest BCUT2D eigenvalue weighted by molar-refractivity contribution is 7.89. The van der Waals surface area contributed by atoms with E-state index in [1.54, 1.807) is 23.1 Å². The minimum absolute atomic E-state index is 0.0237. The van der Waals surface area contributed by atoms with Gasteiger partial charge in [0.15, 0.2) is 0 Å². The Labute approximate surface area is 192 Å². The second kappa shape index (κ2) is 9.13. The monoisotopic (exact) mass is 506 g/mol. The number of hydrogen-bond acceptors (Lipinski definition) is 4. The fraction of sp³-hybridized carbons (Fsp3) is 0.364. The Bertz CT molecular complexity index is 1160. The van der Waals surface area contributed by atoms with Crippen LogP contribution in [0.5, 0.6) is 0 Å². The number of nitrogens with zero attached hydrogens (tertiary/aromatic N) is 2. The van der Waals surface area contributed by atoms with Crippen molar-refractivity contribution in [2.45, 2.75) is 35.8 Å². The zero-order valence-electron chi connectivity index (χ0n) is 17.7. The first kappa shape index (κ1) is 25.9. The molecule has 0 radical (unpaired) electrons. The summed E-state index contributed by atoms with van der Waals surface area (Å²) in [6, 6.07) is 10.2. The van der Waals surface area contributed by atoms with Gasteiger partial charge in [-0.15, -0.1) is 5.92 Å². The molecule has 1 aliphatic rings. The van der Waals surface area contributed by atoms with Gasteiger partial charge in [0, 0.05) is 30.9 Å². The summed E-state index contributed by atoms with van der Waals surface area (Å²) in [5.74, 6) is 5.51. The Morgan fingerprint density at radius 1 is 0.912 bits per heavy atom. The first-order valence-corrected chi connectivity index (χ1v) is 11.4. The van der Waals surface area contributed by atoms with Crippen LogP contribution in [-0.2, 0) is 15.6 Å². The SMILES string of the molecule is CC#C[C@@H]1CN(S(=O)(=O)c2ccccc2)CCN1c1ccc(C(O)(C(F)(F)F)C(F)(F)F)cc1. The van der Waals surface area contributed by atoms with Crippen molar-refractivity contribution in [3.05, 3.63) is 60.2 Å². The van der Waals surface area contributed by atoms with Crippen LogP contribution < -0.4 is 4.90 Å². The smallest absolute Gasteiger partial charge is 0.369 e. The van der Waals surface area contributed by atoms with Crippen LogP contribution in [-0.4, -0.2) is 55.9 Å². The number of rotatable bonds is 4. The number of alkyl halides is 6. The summed E-state index contributed by atoms with van der Waals surface area (Å²) in [6.07, 6.45) is -12.0. The van der Waals surface area contributed by atoms with Crippen molar-refractivity contribution >= 4 is 15.7 Å². The van der Waals surface area contributed by atoms with Crippen LogP contribution in [0.4, 0.5) is 32.0 Å². The lowest BCUT2D eigenvalue weighted by Crippen LogP contribution is -2.54. The molecule has 34 heavy (non-hydrogen) atoms. The van der Waals surface area contributed by atoms with Crippen LogP contribution in [0.2, 0.25) is 0 Å². The molecule has 0 amide bonds. The van der Waals surface area contributed by atoms with Gasteiger partial charge in [-0.3, -0.25) is 0 Å². The molecule has 1 heterocycles. The molecule has 2 aromatic carbocycles. The average molecular weight is 506 g/mol. The number of aliphatic hydroxyl groups is 1. The first-order valence-electron chi connectivity index (χ1n) is 9.94. The molecule has 0 unspecified atom stereocenters. The van der Waals surface area contributed by atoms with Crippen molar-refractivity contribution in [3.63, 3.8) is 0 Å². The van der Waals surface area contributed by atoms with E-state index in [1.807, 2.05) is 0 Å². The highest BCUT2D eigenvalue weighted by Crippen LogP contribution is 2.50. The molecule has 0 bridgehead atoms. The van der Waals surface area contributed by atoms with Gasteiger partial charge in [0.1, 0.15) is 6.04 Å². The molecule has 0 aromatic heterocycles. The summed E-state index contributed by atoms with van der Waals surface area (Å²) in [5, 5.41) is 9.57. The van der Waals surface area contributed by atoms with Gasteiger partial charge < -0.3 is 10.0 Å². The number of benzene rings is 2. The normalized spacial score (nSPS) is 18.4. The third-order valence-corrected chi connectivity index (χ3v) is 7.35. The van der Waals surface area contributed by atoms with Crippen LogP contribution in [0.3, 0.4) is 0 Å². The molecule has 12 heteroatoms. The topological polar surface area (TPSA) is 60.9 Å². The van der Waals surface area contributed by atoms with E-state index in [-0.39, 0.29) is 30.2 Å². The molecule has 1 N–H and O–H groups in total. The highest BCUT2D eigenvalue weighted by Gasteiger charge is 2.71. The number of halogens is 6. The zero-order valence-corrected chi connectivity index (χ0v) is 18.5. The lowest BCUT2D eigenvalue weighted by atomic mass is 9.92. The summed E-state index contributed by atoms with van der Waals surface area (Å²) >= 11 is 0. The summed E-state index contributed by atoms with van der Waals surface area (Å²) in [5.41, 5.74) is -6.16. The maximum atomic E-state index is 13.1. The largest absolute Gasteiger partial charge is 0.430 e. The van der Waals surface area contributed by atoms with Crippen LogP contribution in [0.25, 0.3) is 0 Å². The maximum Gasteiger partial charge on any atom is 0.430 e. The van der Waals surface area contributed by atoms with E-state index in [0.29, 0.717) is 12.1 Å². The molecule has 0 spiro atoms. The van der Waals surface area contributed by atoms with Crippen molar-refractivity contribution in [2.24, 2.45) is 0 Å². The van der Waals surface area contributed by atoms with Gasteiger partial charge >= 0.3 is 12.4 Å². The number of anilines is 1. The van der Waals surface area contributed by atoms with Crippen molar-refractivity contribution < 1.29 is 39.9 Å². The molecule has 184 valence electrons. The predicted octanol–water partition coefficient (Wildman–Crippen LogP) is 3.90. The second-order valence-corrected chi connectivity index (χ2v) is 9.47. The third kappa shape index (κ3) is 4.60. The molecule has 3 rings (SSSR count). The lowest BCUT2D eigenvalue weighted by molar-refractivity contribution is -0.376. The summed E-state index contributed by atoms with van der Waals surface area (Å²) in [6.45, 7) is 1.58. The fourth-order valence-corrected chi connectivity index (χ4v) is 5.16. The van der Waals surface area contributed by atoms with Gasteiger partial charge in [-0.05, 0) is 31.2 Å². The fourth-order valence-electron chi connectivity index (χ4n) is 3.70. The predicted molar refractivity (Wildman–Crippen MR) is 112 cm³/mol. The molecule has 1 atom stereocenters. The summed E-state index contributed by atoms with van der Waals surface area (Å²) in [4.78, 5) is 1.69. The Morgan fingerprint density at radius 3 is 1.97 bits per heavy atom. The Hall–Kier alpha value is -2.75. The molecular weight excluding hydrogens is 486 g/mol.